The van der Waals surface area contributed by atoms with Crippen LogP contribution in [0.1, 0.15) is 12.8 Å². The van der Waals surface area contributed by atoms with Gasteiger partial charge in [-0.2, -0.15) is 10.2 Å². The average molecular weight is 324 g/mol. The summed E-state index contributed by atoms with van der Waals surface area (Å²) in [4.78, 5) is 21.7. The van der Waals surface area contributed by atoms with E-state index in [-0.39, 0.29) is 74.3 Å². The number of carbonyl (C=O) groups is 2. The van der Waals surface area contributed by atoms with E-state index in [2.05, 4.69) is 15.5 Å². The zero-order valence-electron chi connectivity index (χ0n) is 11.0. The van der Waals surface area contributed by atoms with E-state index in [1.54, 1.807) is 0 Å². The number of amides is 1. The third kappa shape index (κ3) is 6.29. The number of carboxylic acids is 1. The van der Waals surface area contributed by atoms with Crippen molar-refractivity contribution in [3.8, 4) is 5.75 Å². The summed E-state index contributed by atoms with van der Waals surface area (Å²) in [5.74, 6) is -2.23. The Balaban J connectivity index is 0.00000361. The fourth-order valence-corrected chi connectivity index (χ4v) is 1.50. The molecule has 0 aromatic heterocycles. The number of halogens is 1. The second-order valence-electron chi connectivity index (χ2n) is 3.54. The Morgan fingerprint density at radius 1 is 1.40 bits per heavy atom. The van der Waals surface area contributed by atoms with Crippen LogP contribution in [0.25, 0.3) is 0 Å². The smallest absolute Gasteiger partial charge is 0.550 e. The molecule has 9 heteroatoms. The van der Waals surface area contributed by atoms with Crippen LogP contribution in [0.15, 0.2) is 22.4 Å². The van der Waals surface area contributed by atoms with E-state index in [4.69, 9.17) is 11.6 Å². The SMILES string of the molecule is CN=Nc1cc(Cl)c(O)c(NC(=O)CCC(=O)[O-])c1.[K+]. The van der Waals surface area contributed by atoms with Gasteiger partial charge in [-0.05, 0) is 18.6 Å². The number of aromatic hydroxyl groups is 1. The minimum absolute atomic E-state index is 0. The summed E-state index contributed by atoms with van der Waals surface area (Å²) in [6.45, 7) is 0. The number of carboxylic acid groups (broad SMARTS) is 1. The van der Waals surface area contributed by atoms with E-state index in [9.17, 15) is 19.8 Å². The molecule has 0 saturated heterocycles. The summed E-state index contributed by atoms with van der Waals surface area (Å²) in [5, 5.41) is 29.5. The van der Waals surface area contributed by atoms with Gasteiger partial charge in [0.2, 0.25) is 5.91 Å². The van der Waals surface area contributed by atoms with Gasteiger partial charge in [-0.25, -0.2) is 0 Å². The molecule has 1 rings (SSSR count). The number of anilines is 1. The van der Waals surface area contributed by atoms with Crippen LogP contribution in [0.4, 0.5) is 11.4 Å². The Morgan fingerprint density at radius 2 is 2.05 bits per heavy atom. The van der Waals surface area contributed by atoms with E-state index >= 15 is 0 Å². The van der Waals surface area contributed by atoms with Crippen molar-refractivity contribution in [3.05, 3.63) is 17.2 Å². The maximum atomic E-state index is 11.4. The van der Waals surface area contributed by atoms with Gasteiger partial charge in [0, 0.05) is 19.4 Å². The standard InChI is InChI=1S/C11H12ClN3O4.K/c1-13-15-6-4-7(12)11(19)8(5-6)14-9(16)2-3-10(17)18;/h4-5,19H,2-3H2,1H3,(H,14,16)(H,17,18);/q;+1/p-1. The van der Waals surface area contributed by atoms with Gasteiger partial charge in [0.25, 0.3) is 0 Å². The first kappa shape index (κ1) is 19.5. The molecule has 1 aromatic carbocycles. The Hall–Kier alpha value is -0.514. The Bertz CT molecular complexity index is 537. The zero-order chi connectivity index (χ0) is 14.4. The van der Waals surface area contributed by atoms with Gasteiger partial charge >= 0.3 is 51.4 Å². The summed E-state index contributed by atoms with van der Waals surface area (Å²) < 4.78 is 0. The molecule has 0 aliphatic carbocycles. The first-order valence-electron chi connectivity index (χ1n) is 5.26. The summed E-state index contributed by atoms with van der Waals surface area (Å²) >= 11 is 5.76. The monoisotopic (exact) mass is 323 g/mol. The molecule has 0 fully saturated rings. The number of benzene rings is 1. The summed E-state index contributed by atoms with van der Waals surface area (Å²) in [6, 6.07) is 2.74. The fraction of sp³-hybridized carbons (Fsp3) is 0.273. The number of rotatable bonds is 5. The molecule has 2 N–H and O–H groups in total. The van der Waals surface area contributed by atoms with Crippen LogP contribution in [0, 0.1) is 0 Å². The second-order valence-corrected chi connectivity index (χ2v) is 3.95. The average Bonchev–Trinajstić information content (AvgIpc) is 2.33. The predicted molar refractivity (Wildman–Crippen MR) is 66.4 cm³/mol. The van der Waals surface area contributed by atoms with Gasteiger partial charge < -0.3 is 20.3 Å². The Kier molecular flexibility index (Phi) is 9.19. The fourth-order valence-electron chi connectivity index (χ4n) is 1.28. The number of nitrogens with one attached hydrogen (secondary N) is 1. The molecule has 1 amide bonds. The topological polar surface area (TPSA) is 114 Å². The second kappa shape index (κ2) is 9.43. The van der Waals surface area contributed by atoms with Crippen molar-refractivity contribution in [2.75, 3.05) is 12.4 Å². The largest absolute Gasteiger partial charge is 1.00 e. The van der Waals surface area contributed by atoms with Crippen molar-refractivity contribution < 1.29 is 71.2 Å². The third-order valence-corrected chi connectivity index (χ3v) is 2.38. The summed E-state index contributed by atoms with van der Waals surface area (Å²) in [7, 11) is 1.46. The quantitative estimate of drug-likeness (QED) is 0.379. The maximum Gasteiger partial charge on any atom is 1.00 e. The van der Waals surface area contributed by atoms with Crippen LogP contribution < -0.4 is 61.8 Å². The summed E-state index contributed by atoms with van der Waals surface area (Å²) in [6.07, 6.45) is -0.673. The molecule has 0 aliphatic rings. The third-order valence-electron chi connectivity index (χ3n) is 2.09. The van der Waals surface area contributed by atoms with Crippen molar-refractivity contribution >= 4 is 34.9 Å². The number of phenolic OH excluding ortho intramolecular Hbond substituents is 1. The van der Waals surface area contributed by atoms with Gasteiger partial charge in [0.05, 0.1) is 16.4 Å². The molecule has 1 aromatic rings. The van der Waals surface area contributed by atoms with Crippen molar-refractivity contribution in [2.45, 2.75) is 12.8 Å². The zero-order valence-corrected chi connectivity index (χ0v) is 14.9. The molecular weight excluding hydrogens is 313 g/mol. The van der Waals surface area contributed by atoms with Gasteiger partial charge in [-0.3, -0.25) is 4.79 Å². The molecule has 20 heavy (non-hydrogen) atoms. The number of aliphatic carboxylic acids is 1. The van der Waals surface area contributed by atoms with Crippen LogP contribution in [0.2, 0.25) is 5.02 Å². The first-order valence-corrected chi connectivity index (χ1v) is 5.64. The van der Waals surface area contributed by atoms with Crippen LogP contribution >= 0.6 is 11.6 Å². The molecule has 0 saturated carbocycles. The minimum atomic E-state index is -1.33. The molecular formula is C11H11ClKN3O4. The van der Waals surface area contributed by atoms with Crippen molar-refractivity contribution in [3.63, 3.8) is 0 Å². The van der Waals surface area contributed by atoms with Crippen LogP contribution in [0.3, 0.4) is 0 Å². The molecule has 0 radical (unpaired) electrons. The van der Waals surface area contributed by atoms with Crippen LogP contribution in [-0.4, -0.2) is 24.0 Å². The number of hydrogen-bond donors (Lipinski definition) is 2. The van der Waals surface area contributed by atoms with E-state index < -0.39 is 18.3 Å². The molecule has 0 atom stereocenters. The molecule has 0 unspecified atom stereocenters. The van der Waals surface area contributed by atoms with Crippen molar-refractivity contribution in [1.29, 1.82) is 0 Å². The number of carbonyl (C=O) groups excluding carboxylic acids is 2. The first-order chi connectivity index (χ1) is 8.93. The van der Waals surface area contributed by atoms with Gasteiger partial charge in [0.15, 0.2) is 5.75 Å². The van der Waals surface area contributed by atoms with E-state index in [1.165, 1.54) is 19.2 Å². The Labute approximate surface area is 162 Å². The summed E-state index contributed by atoms with van der Waals surface area (Å²) in [5.41, 5.74) is 0.388. The van der Waals surface area contributed by atoms with Crippen molar-refractivity contribution in [1.82, 2.24) is 0 Å². The van der Waals surface area contributed by atoms with Crippen LogP contribution in [-0.2, 0) is 9.59 Å². The van der Waals surface area contributed by atoms with E-state index in [1.807, 2.05) is 0 Å². The molecule has 0 bridgehead atoms. The van der Waals surface area contributed by atoms with E-state index in [0.717, 1.165) is 0 Å². The molecule has 0 heterocycles. The maximum absolute atomic E-state index is 11.4. The predicted octanol–water partition coefficient (Wildman–Crippen LogP) is -1.77. The normalized spacial score (nSPS) is 10.1. The number of azo groups is 1. The van der Waals surface area contributed by atoms with Gasteiger partial charge in [-0.1, -0.05) is 11.6 Å². The molecule has 102 valence electrons. The minimum Gasteiger partial charge on any atom is -0.550 e. The number of hydrogen-bond acceptors (Lipinski definition) is 6. The van der Waals surface area contributed by atoms with Crippen molar-refractivity contribution in [2.24, 2.45) is 10.2 Å². The van der Waals surface area contributed by atoms with Crippen LogP contribution in [0.5, 0.6) is 5.75 Å². The van der Waals surface area contributed by atoms with Gasteiger partial charge in [0.1, 0.15) is 0 Å². The molecule has 7 nitrogen and oxygen atoms in total. The molecule has 0 aliphatic heterocycles. The number of nitrogens with zero attached hydrogens (tertiary/aromatic N) is 2. The Morgan fingerprint density at radius 3 is 2.60 bits per heavy atom. The molecule has 0 spiro atoms. The van der Waals surface area contributed by atoms with Gasteiger partial charge in [-0.15, -0.1) is 0 Å². The van der Waals surface area contributed by atoms with E-state index in [0.29, 0.717) is 5.69 Å². The number of phenols is 1.